The summed E-state index contributed by atoms with van der Waals surface area (Å²) in [7, 11) is -4.38. The van der Waals surface area contributed by atoms with E-state index in [0.717, 1.165) is 4.73 Å². The number of phosphoric ester groups is 1. The van der Waals surface area contributed by atoms with Gasteiger partial charge in [-0.15, -0.1) is 0 Å². The molecule has 1 unspecified atom stereocenters. The van der Waals surface area contributed by atoms with Crippen LogP contribution in [-0.2, 0) is 9.09 Å². The van der Waals surface area contributed by atoms with Crippen LogP contribution >= 0.6 is 7.82 Å². The van der Waals surface area contributed by atoms with Gasteiger partial charge in [-0.2, -0.15) is 5.26 Å². The predicted molar refractivity (Wildman–Crippen MR) is 47.0 cm³/mol. The monoisotopic (exact) mass is 228 g/mol. The molecule has 1 aromatic heterocycles. The first-order valence-electron chi connectivity index (χ1n) is 4.13. The van der Waals surface area contributed by atoms with Gasteiger partial charge in [0.15, 0.2) is 0 Å². The maximum absolute atomic E-state index is 11.1. The number of hydrogen-bond acceptors (Lipinski definition) is 5. The van der Waals surface area contributed by atoms with E-state index in [4.69, 9.17) is 5.26 Å². The summed E-state index contributed by atoms with van der Waals surface area (Å²) in [4.78, 5) is 11.1. The molecule has 0 amide bonds. The van der Waals surface area contributed by atoms with Crippen molar-refractivity contribution in [2.24, 2.45) is 0 Å². The Balaban J connectivity index is 2.50. The fourth-order valence-corrected chi connectivity index (χ4v) is 1.48. The molecule has 0 saturated heterocycles. The summed E-state index contributed by atoms with van der Waals surface area (Å²) in [6, 6.07) is 6.68. The lowest BCUT2D eigenvalue weighted by Gasteiger charge is -2.16. The molecule has 0 bridgehead atoms. The van der Waals surface area contributed by atoms with Crippen molar-refractivity contribution in [1.82, 2.24) is 0 Å². The Kier molecular flexibility index (Phi) is 4.25. The summed E-state index contributed by atoms with van der Waals surface area (Å²) in [5.74, 6) is 0. The minimum absolute atomic E-state index is 0.00491. The number of aromatic nitrogens is 1. The van der Waals surface area contributed by atoms with E-state index in [0.29, 0.717) is 0 Å². The third-order valence-corrected chi connectivity index (χ3v) is 2.23. The maximum Gasteiger partial charge on any atom is 0.391 e. The van der Waals surface area contributed by atoms with Crippen molar-refractivity contribution in [1.29, 1.82) is 5.26 Å². The molecule has 0 N–H and O–H groups in total. The number of nitriles is 1. The van der Waals surface area contributed by atoms with E-state index in [2.05, 4.69) is 9.15 Å². The molecule has 0 radical (unpaired) electrons. The number of nitrogens with zero attached hydrogens (tertiary/aromatic N) is 2. The Morgan fingerprint density at radius 2 is 2.07 bits per heavy atom. The third kappa shape index (κ3) is 4.56. The molecule has 7 heteroatoms. The molecule has 0 saturated carbocycles. The second-order valence-electron chi connectivity index (χ2n) is 2.51. The molecule has 0 aliphatic heterocycles. The van der Waals surface area contributed by atoms with E-state index < -0.39 is 7.82 Å². The van der Waals surface area contributed by atoms with Gasteiger partial charge in [0.2, 0.25) is 12.4 Å². The van der Waals surface area contributed by atoms with Gasteiger partial charge in [0.05, 0.1) is 19.1 Å². The molecule has 6 nitrogen and oxygen atoms in total. The van der Waals surface area contributed by atoms with Gasteiger partial charge < -0.3 is 9.42 Å². The van der Waals surface area contributed by atoms with Gasteiger partial charge >= 0.3 is 7.82 Å². The number of rotatable bonds is 5. The second-order valence-corrected chi connectivity index (χ2v) is 3.82. The van der Waals surface area contributed by atoms with Crippen molar-refractivity contribution in [2.45, 2.75) is 6.42 Å². The molecule has 80 valence electrons. The Hall–Kier alpha value is -1.41. The van der Waals surface area contributed by atoms with Crippen LogP contribution < -0.4 is 14.2 Å². The van der Waals surface area contributed by atoms with E-state index in [9.17, 15) is 9.46 Å². The quantitative estimate of drug-likeness (QED) is 0.395. The van der Waals surface area contributed by atoms with Crippen molar-refractivity contribution in [3.05, 3.63) is 30.6 Å². The topological polar surface area (TPSA) is 86.3 Å². The lowest BCUT2D eigenvalue weighted by molar-refractivity contribution is -0.864. The van der Waals surface area contributed by atoms with Crippen LogP contribution in [0.2, 0.25) is 0 Å². The maximum atomic E-state index is 11.1. The van der Waals surface area contributed by atoms with E-state index in [1.54, 1.807) is 24.3 Å². The molecule has 0 aliphatic carbocycles. The standard InChI is InChI=1S/C8H9N2O4P/c9-5-4-8-13-15(11,12)14-10-6-2-1-3-7-10/h1-3,6-7H,4,8H2. The first-order valence-corrected chi connectivity index (χ1v) is 5.59. The zero-order valence-electron chi connectivity index (χ0n) is 7.78. The van der Waals surface area contributed by atoms with Gasteiger partial charge in [-0.1, -0.05) is 6.07 Å². The average molecular weight is 228 g/mol. The zero-order valence-corrected chi connectivity index (χ0v) is 8.67. The molecule has 0 spiro atoms. The van der Waals surface area contributed by atoms with Crippen LogP contribution in [0, 0.1) is 11.3 Å². The highest BCUT2D eigenvalue weighted by Gasteiger charge is 2.16. The normalized spacial score (nSPS) is 13.9. The average Bonchev–Trinajstić information content (AvgIpc) is 2.18. The fourth-order valence-electron chi connectivity index (χ4n) is 0.779. The lowest BCUT2D eigenvalue weighted by atomic mass is 10.5. The molecule has 0 aliphatic rings. The molecule has 0 aromatic carbocycles. The highest BCUT2D eigenvalue weighted by molar-refractivity contribution is 7.45. The first-order chi connectivity index (χ1) is 7.14. The number of pyridine rings is 1. The predicted octanol–water partition coefficient (Wildman–Crippen LogP) is -0.199. The van der Waals surface area contributed by atoms with E-state index in [1.807, 2.05) is 0 Å². The lowest BCUT2D eigenvalue weighted by Crippen LogP contribution is -2.42. The molecule has 1 heterocycles. The van der Waals surface area contributed by atoms with Crippen LogP contribution in [0.25, 0.3) is 0 Å². The largest absolute Gasteiger partial charge is 0.742 e. The summed E-state index contributed by atoms with van der Waals surface area (Å²) >= 11 is 0. The SMILES string of the molecule is N#CCCOP(=O)([O-])O[n+]1ccccc1. The second kappa shape index (κ2) is 5.47. The van der Waals surface area contributed by atoms with Crippen molar-refractivity contribution in [2.75, 3.05) is 6.61 Å². The van der Waals surface area contributed by atoms with Gasteiger partial charge in [-0.3, -0.25) is 4.57 Å². The first kappa shape index (κ1) is 11.7. The van der Waals surface area contributed by atoms with E-state index in [-0.39, 0.29) is 13.0 Å². The Morgan fingerprint density at radius 3 is 2.67 bits per heavy atom. The van der Waals surface area contributed by atoms with Crippen LogP contribution in [0.4, 0.5) is 0 Å². The molecule has 1 rings (SSSR count). The minimum atomic E-state index is -4.38. The van der Waals surface area contributed by atoms with Crippen LogP contribution in [-0.4, -0.2) is 6.61 Å². The summed E-state index contributed by atoms with van der Waals surface area (Å²) in [6.45, 7) is -0.204. The van der Waals surface area contributed by atoms with Gasteiger partial charge in [0, 0.05) is 16.9 Å². The smallest absolute Gasteiger partial charge is 0.391 e. The Labute approximate surface area is 86.9 Å². The summed E-state index contributed by atoms with van der Waals surface area (Å²) < 4.78 is 21.1. The molecular weight excluding hydrogens is 219 g/mol. The highest BCUT2D eigenvalue weighted by Crippen LogP contribution is 2.32. The van der Waals surface area contributed by atoms with Crippen molar-refractivity contribution < 1.29 is 23.3 Å². The van der Waals surface area contributed by atoms with Gasteiger partial charge in [0.25, 0.3) is 0 Å². The van der Waals surface area contributed by atoms with Gasteiger partial charge in [-0.25, -0.2) is 4.62 Å². The number of hydrogen-bond donors (Lipinski definition) is 0. The van der Waals surface area contributed by atoms with Crippen LogP contribution in [0.3, 0.4) is 0 Å². The summed E-state index contributed by atoms with van der Waals surface area (Å²) in [5.41, 5.74) is 0. The van der Waals surface area contributed by atoms with Crippen molar-refractivity contribution in [3.63, 3.8) is 0 Å². The zero-order chi connectivity index (χ0) is 11.1. The third-order valence-electron chi connectivity index (χ3n) is 1.35. The summed E-state index contributed by atoms with van der Waals surface area (Å²) in [5, 5.41) is 8.19. The minimum Gasteiger partial charge on any atom is -0.742 e. The Morgan fingerprint density at radius 1 is 1.40 bits per heavy atom. The van der Waals surface area contributed by atoms with Crippen LogP contribution in [0.5, 0.6) is 0 Å². The Bertz CT molecular complexity index is 389. The van der Waals surface area contributed by atoms with E-state index >= 15 is 0 Å². The van der Waals surface area contributed by atoms with Crippen LogP contribution in [0.15, 0.2) is 30.6 Å². The van der Waals surface area contributed by atoms with Crippen molar-refractivity contribution in [3.8, 4) is 6.07 Å². The number of phosphoric acid groups is 1. The van der Waals surface area contributed by atoms with Crippen LogP contribution in [0.1, 0.15) is 6.42 Å². The molecule has 15 heavy (non-hydrogen) atoms. The molecular formula is C8H9N2O4P. The molecule has 1 aromatic rings. The summed E-state index contributed by atoms with van der Waals surface area (Å²) in [6.07, 6.45) is 2.82. The highest BCUT2D eigenvalue weighted by atomic mass is 31.2. The van der Waals surface area contributed by atoms with Gasteiger partial charge in [0.1, 0.15) is 0 Å². The molecule has 1 atom stereocenters. The van der Waals surface area contributed by atoms with Gasteiger partial charge in [-0.05, 0) is 0 Å². The molecule has 0 fully saturated rings. The van der Waals surface area contributed by atoms with Crippen molar-refractivity contribution >= 4 is 7.82 Å². The van der Waals surface area contributed by atoms with E-state index in [1.165, 1.54) is 12.4 Å². The fraction of sp³-hybridized carbons (Fsp3) is 0.250.